The Morgan fingerprint density at radius 2 is 1.77 bits per heavy atom. The predicted octanol–water partition coefficient (Wildman–Crippen LogP) is 2.95. The summed E-state index contributed by atoms with van der Waals surface area (Å²) in [4.78, 5) is 39.2. The minimum atomic E-state index is -0.530. The molecule has 3 aromatic rings. The van der Waals surface area contributed by atoms with Crippen molar-refractivity contribution in [2.45, 2.75) is 12.8 Å². The second-order valence-corrected chi connectivity index (χ2v) is 10.4. The van der Waals surface area contributed by atoms with Gasteiger partial charge in [0.05, 0.1) is 33.5 Å². The van der Waals surface area contributed by atoms with Crippen LogP contribution in [0.5, 0.6) is 0 Å². The first-order chi connectivity index (χ1) is 18.9. The summed E-state index contributed by atoms with van der Waals surface area (Å²) in [7, 11) is 2.03. The van der Waals surface area contributed by atoms with E-state index in [1.54, 1.807) is 6.07 Å². The first-order valence-corrected chi connectivity index (χ1v) is 13.4. The number of hydrogen-bond acceptors (Lipinski definition) is 7. The highest BCUT2D eigenvalue weighted by atomic mass is 19.1. The zero-order valence-corrected chi connectivity index (χ0v) is 21.8. The minimum Gasteiger partial charge on any atom is -0.381 e. The number of benzene rings is 2. The molecule has 0 radical (unpaired) electrons. The molecular formula is C28H31F2N7O2. The van der Waals surface area contributed by atoms with Crippen LogP contribution >= 0.6 is 0 Å². The van der Waals surface area contributed by atoms with Gasteiger partial charge in [-0.25, -0.2) is 13.8 Å². The normalized spacial score (nSPS) is 19.2. The molecular weight excluding hydrogens is 504 g/mol. The van der Waals surface area contributed by atoms with Crippen LogP contribution in [0.2, 0.25) is 0 Å². The number of H-pyrrole nitrogens is 1. The van der Waals surface area contributed by atoms with Gasteiger partial charge in [0.15, 0.2) is 0 Å². The Hall–Kier alpha value is -3.83. The van der Waals surface area contributed by atoms with E-state index >= 15 is 4.39 Å². The molecule has 0 bridgehead atoms. The van der Waals surface area contributed by atoms with Gasteiger partial charge in [0, 0.05) is 44.8 Å². The number of piperazine rings is 1. The first-order valence-electron chi connectivity index (χ1n) is 13.4. The third kappa shape index (κ3) is 5.11. The highest BCUT2D eigenvalue weighted by Crippen LogP contribution is 2.37. The van der Waals surface area contributed by atoms with E-state index in [0.717, 1.165) is 32.7 Å². The first kappa shape index (κ1) is 25.4. The number of nitrogens with zero attached hydrogens (tertiary/aromatic N) is 4. The van der Waals surface area contributed by atoms with Gasteiger partial charge in [-0.3, -0.25) is 9.59 Å². The zero-order chi connectivity index (χ0) is 27.1. The molecule has 39 heavy (non-hydrogen) atoms. The van der Waals surface area contributed by atoms with Crippen LogP contribution in [-0.4, -0.2) is 85.1 Å². The van der Waals surface area contributed by atoms with Crippen LogP contribution < -0.4 is 21.1 Å². The molecule has 2 aromatic carbocycles. The molecule has 0 unspecified atom stereocenters. The lowest BCUT2D eigenvalue weighted by Crippen LogP contribution is -2.44. The minimum absolute atomic E-state index is 0.110. The molecule has 0 spiro atoms. The van der Waals surface area contributed by atoms with Crippen molar-refractivity contribution in [1.29, 1.82) is 0 Å². The number of aromatic nitrogens is 2. The maximum Gasteiger partial charge on any atom is 0.259 e. The highest BCUT2D eigenvalue weighted by Gasteiger charge is 2.28. The van der Waals surface area contributed by atoms with Gasteiger partial charge >= 0.3 is 0 Å². The molecule has 1 aromatic heterocycles. The van der Waals surface area contributed by atoms with E-state index in [4.69, 9.17) is 0 Å². The fourth-order valence-electron chi connectivity index (χ4n) is 5.51. The van der Waals surface area contributed by atoms with Crippen LogP contribution in [0.4, 0.5) is 25.8 Å². The Labute approximate surface area is 224 Å². The van der Waals surface area contributed by atoms with Gasteiger partial charge in [0.2, 0.25) is 0 Å². The average molecular weight is 536 g/mol. The number of likely N-dealkylation sites (tertiary alicyclic amines) is 1. The van der Waals surface area contributed by atoms with Crippen LogP contribution in [0.1, 0.15) is 24.2 Å². The summed E-state index contributed by atoms with van der Waals surface area (Å²) in [5.74, 6) is -1.23. The molecule has 0 saturated carbocycles. The van der Waals surface area contributed by atoms with Crippen molar-refractivity contribution in [1.82, 2.24) is 19.8 Å². The summed E-state index contributed by atoms with van der Waals surface area (Å²) in [6.45, 7) is 6.52. The number of fused-ring (bicyclic) bond motifs is 2. The topological polar surface area (TPSA) is 96.6 Å². The summed E-state index contributed by atoms with van der Waals surface area (Å²) >= 11 is 0. The molecule has 1 amide bonds. The fraction of sp³-hybridized carbons (Fsp3) is 0.393. The van der Waals surface area contributed by atoms with Crippen molar-refractivity contribution in [3.63, 3.8) is 0 Å². The Morgan fingerprint density at radius 1 is 1.00 bits per heavy atom. The van der Waals surface area contributed by atoms with Crippen LogP contribution in [0.25, 0.3) is 22.6 Å². The number of aromatic amines is 1. The second-order valence-electron chi connectivity index (χ2n) is 10.4. The largest absolute Gasteiger partial charge is 0.381 e. The molecule has 204 valence electrons. The van der Waals surface area contributed by atoms with Crippen molar-refractivity contribution in [2.75, 3.05) is 74.9 Å². The van der Waals surface area contributed by atoms with Crippen LogP contribution in [0.15, 0.2) is 29.1 Å². The molecule has 0 aliphatic carbocycles. The van der Waals surface area contributed by atoms with Gasteiger partial charge in [0.1, 0.15) is 17.5 Å². The highest BCUT2D eigenvalue weighted by molar-refractivity contribution is 6.35. The number of amides is 1. The fourth-order valence-corrected chi connectivity index (χ4v) is 5.51. The molecule has 4 heterocycles. The quantitative estimate of drug-likeness (QED) is 0.418. The van der Waals surface area contributed by atoms with E-state index < -0.39 is 23.1 Å². The van der Waals surface area contributed by atoms with Crippen LogP contribution in [0.3, 0.4) is 0 Å². The van der Waals surface area contributed by atoms with Gasteiger partial charge in [-0.1, -0.05) is 0 Å². The molecule has 6 rings (SSSR count). The van der Waals surface area contributed by atoms with Gasteiger partial charge in [-0.2, -0.15) is 0 Å². The SMILES string of the molecule is CN1CCN(c2cc3c(cc2F)/C(=C/c2nc4cc(NCCN5CCCC5)c(F)cc4c(=O)[nH]2)C(=O)N3)CC1. The van der Waals surface area contributed by atoms with Gasteiger partial charge < -0.3 is 30.3 Å². The third-order valence-electron chi connectivity index (χ3n) is 7.75. The van der Waals surface area contributed by atoms with Gasteiger partial charge in [0.25, 0.3) is 11.5 Å². The monoisotopic (exact) mass is 535 g/mol. The van der Waals surface area contributed by atoms with Crippen LogP contribution in [-0.2, 0) is 4.79 Å². The van der Waals surface area contributed by atoms with Crippen molar-refractivity contribution in [3.05, 3.63) is 57.6 Å². The Balaban J connectivity index is 1.28. The maximum atomic E-state index is 15.2. The molecule has 3 aliphatic rings. The summed E-state index contributed by atoms with van der Waals surface area (Å²) in [6.07, 6.45) is 3.80. The number of carbonyl (C=O) groups excluding carboxylic acids is 1. The second kappa shape index (κ2) is 10.4. The summed E-state index contributed by atoms with van der Waals surface area (Å²) in [5, 5.41) is 6.02. The van der Waals surface area contributed by atoms with Crippen molar-refractivity contribution < 1.29 is 13.6 Å². The molecule has 0 atom stereocenters. The lowest BCUT2D eigenvalue weighted by Gasteiger charge is -2.34. The number of hydrogen-bond donors (Lipinski definition) is 3. The smallest absolute Gasteiger partial charge is 0.259 e. The Bertz CT molecular complexity index is 1520. The van der Waals surface area contributed by atoms with Gasteiger partial charge in [-0.05, 0) is 63.3 Å². The van der Waals surface area contributed by atoms with Crippen molar-refractivity contribution in [3.8, 4) is 0 Å². The third-order valence-corrected chi connectivity index (χ3v) is 7.75. The van der Waals surface area contributed by atoms with Crippen molar-refractivity contribution in [2.24, 2.45) is 0 Å². The van der Waals surface area contributed by atoms with Crippen LogP contribution in [0, 0.1) is 11.6 Å². The lowest BCUT2D eigenvalue weighted by atomic mass is 10.0. The van der Waals surface area contributed by atoms with E-state index in [0.29, 0.717) is 42.1 Å². The Kier molecular flexibility index (Phi) is 6.78. The number of halogens is 2. The Morgan fingerprint density at radius 3 is 2.54 bits per heavy atom. The zero-order valence-electron chi connectivity index (χ0n) is 21.8. The van der Waals surface area contributed by atoms with E-state index in [2.05, 4.69) is 30.4 Å². The molecule has 2 saturated heterocycles. The number of anilines is 3. The molecule has 2 fully saturated rings. The summed E-state index contributed by atoms with van der Waals surface area (Å²) < 4.78 is 29.9. The number of likely N-dealkylation sites (N-methyl/N-ethyl adjacent to an activating group) is 1. The molecule has 3 aliphatic heterocycles. The van der Waals surface area contributed by atoms with Crippen molar-refractivity contribution >= 4 is 45.5 Å². The number of nitrogens with one attached hydrogen (secondary N) is 3. The molecule has 9 nitrogen and oxygen atoms in total. The van der Waals surface area contributed by atoms with Gasteiger partial charge in [-0.15, -0.1) is 0 Å². The van der Waals surface area contributed by atoms with E-state index in [1.165, 1.54) is 37.1 Å². The summed E-state index contributed by atoms with van der Waals surface area (Å²) in [5.41, 5.74) is 1.60. The average Bonchev–Trinajstić information content (AvgIpc) is 3.53. The summed E-state index contributed by atoms with van der Waals surface area (Å²) in [6, 6.07) is 5.69. The maximum absolute atomic E-state index is 15.2. The number of rotatable bonds is 6. The predicted molar refractivity (Wildman–Crippen MR) is 149 cm³/mol. The standard InChI is InChI=1S/C28H31F2N7O2/c1-35-8-10-37(11-9-35)25-16-23-17(12-21(25)30)18(27(38)33-23)14-26-32-22-15-24(20(29)13-19(22)28(39)34-26)31-4-7-36-5-2-3-6-36/h12-16,31H,2-11H2,1H3,(H,33,38)(H,32,34,39)/b18-14-. The van der Waals surface area contributed by atoms with E-state index in [1.807, 2.05) is 11.9 Å². The lowest BCUT2D eigenvalue weighted by molar-refractivity contribution is -0.110. The van der Waals surface area contributed by atoms with E-state index in [-0.39, 0.29) is 22.5 Å². The molecule has 3 N–H and O–H groups in total. The van der Waals surface area contributed by atoms with E-state index in [9.17, 15) is 14.0 Å². The number of carbonyl (C=O) groups is 1. The molecule has 11 heteroatoms.